The van der Waals surface area contributed by atoms with Crippen molar-refractivity contribution in [3.05, 3.63) is 40.0 Å². The van der Waals surface area contributed by atoms with Crippen molar-refractivity contribution < 1.29 is 23.6 Å². The van der Waals surface area contributed by atoms with Gasteiger partial charge in [-0.25, -0.2) is 0 Å². The fourth-order valence-electron chi connectivity index (χ4n) is 1.53. The Morgan fingerprint density at radius 1 is 1.55 bits per heavy atom. The van der Waals surface area contributed by atoms with Gasteiger partial charge in [0.15, 0.2) is 6.61 Å². The molecule has 0 aromatic carbocycles. The third kappa shape index (κ3) is 3.92. The van der Waals surface area contributed by atoms with Crippen molar-refractivity contribution in [1.82, 2.24) is 15.5 Å². The normalized spacial score (nSPS) is 12.0. The molecule has 0 unspecified atom stereocenters. The first kappa shape index (κ1) is 15.7. The summed E-state index contributed by atoms with van der Waals surface area (Å²) in [6, 6.07) is 1.23. The summed E-state index contributed by atoms with van der Waals surface area (Å²) in [6.07, 6.45) is 0.582. The number of aliphatic hydroxyl groups is 1. The number of nitrogens with one attached hydrogen (secondary N) is 1. The average molecular weight is 309 g/mol. The number of amides is 1. The monoisotopic (exact) mass is 309 g/mol. The maximum absolute atomic E-state index is 11.6. The molecule has 1 amide bonds. The number of aliphatic hydroxyl groups excluding tert-OH is 1. The molecule has 22 heavy (non-hydrogen) atoms. The van der Waals surface area contributed by atoms with Crippen LogP contribution in [0.3, 0.4) is 0 Å². The van der Waals surface area contributed by atoms with E-state index in [1.807, 2.05) is 0 Å². The van der Waals surface area contributed by atoms with Crippen LogP contribution in [0.2, 0.25) is 0 Å². The molecule has 0 aliphatic rings. The fraction of sp³-hybridized carbons (Fsp3) is 0.385. The summed E-state index contributed by atoms with van der Waals surface area (Å²) in [5.74, 6) is -0.380. The zero-order chi connectivity index (χ0) is 16.1. The molecule has 0 aliphatic carbocycles. The second-order valence-electron chi connectivity index (χ2n) is 4.53. The summed E-state index contributed by atoms with van der Waals surface area (Å²) in [5.41, 5.74) is -0.331. The summed E-state index contributed by atoms with van der Waals surface area (Å²) >= 11 is 0. The zero-order valence-corrected chi connectivity index (χ0v) is 12.0. The van der Waals surface area contributed by atoms with E-state index < -0.39 is 12.0 Å². The molecule has 0 fully saturated rings. The van der Waals surface area contributed by atoms with Crippen molar-refractivity contribution in [2.75, 3.05) is 6.54 Å². The van der Waals surface area contributed by atoms with Gasteiger partial charge in [0.05, 0.1) is 12.4 Å². The number of aryl methyl sites for hydroxylation is 1. The van der Waals surface area contributed by atoms with E-state index in [9.17, 15) is 9.59 Å². The van der Waals surface area contributed by atoms with Gasteiger partial charge in [0.25, 0.3) is 0 Å². The smallest absolute Gasteiger partial charge is 0.316 e. The highest BCUT2D eigenvalue weighted by Crippen LogP contribution is 2.12. The molecule has 118 valence electrons. The number of aromatic nitrogens is 2. The Kier molecular flexibility index (Phi) is 4.89. The van der Waals surface area contributed by atoms with E-state index in [1.165, 1.54) is 19.3 Å². The lowest BCUT2D eigenvalue weighted by Crippen LogP contribution is -2.30. The lowest BCUT2D eigenvalue weighted by molar-refractivity contribution is 0.0880. The van der Waals surface area contributed by atoms with E-state index >= 15 is 0 Å². The number of hydrogen-bond donors (Lipinski definition) is 2. The third-order valence-electron chi connectivity index (χ3n) is 2.57. The van der Waals surface area contributed by atoms with Crippen molar-refractivity contribution >= 4 is 5.91 Å². The molecule has 0 saturated carbocycles. The minimum Gasteiger partial charge on any atom is -0.478 e. The Balaban J connectivity index is 1.98. The van der Waals surface area contributed by atoms with E-state index in [2.05, 4.69) is 15.5 Å². The molecular formula is C13H15N3O6. The van der Waals surface area contributed by atoms with Crippen molar-refractivity contribution in [3.63, 3.8) is 0 Å². The van der Waals surface area contributed by atoms with Gasteiger partial charge in [-0.3, -0.25) is 9.59 Å². The zero-order valence-electron chi connectivity index (χ0n) is 12.0. The maximum Gasteiger partial charge on any atom is 0.316 e. The molecular weight excluding hydrogens is 294 g/mol. The van der Waals surface area contributed by atoms with Crippen molar-refractivity contribution in [3.8, 4) is 5.75 Å². The van der Waals surface area contributed by atoms with Gasteiger partial charge in [0, 0.05) is 12.6 Å². The van der Waals surface area contributed by atoms with Crippen LogP contribution in [-0.4, -0.2) is 33.8 Å². The topological polar surface area (TPSA) is 128 Å². The third-order valence-corrected chi connectivity index (χ3v) is 2.57. The molecule has 9 nitrogen and oxygen atoms in total. The highest BCUT2D eigenvalue weighted by molar-refractivity contribution is 5.89. The van der Waals surface area contributed by atoms with E-state index in [1.54, 1.807) is 6.92 Å². The van der Waals surface area contributed by atoms with Gasteiger partial charge < -0.3 is 24.1 Å². The molecule has 0 radical (unpaired) electrons. The van der Waals surface area contributed by atoms with Crippen molar-refractivity contribution in [2.45, 2.75) is 26.6 Å². The van der Waals surface area contributed by atoms with Gasteiger partial charge in [0.1, 0.15) is 5.76 Å². The number of carbonyl (C=O) groups excluding carboxylic acids is 1. The van der Waals surface area contributed by atoms with Gasteiger partial charge in [-0.15, -0.1) is 0 Å². The highest BCUT2D eigenvalue weighted by atomic mass is 16.5. The Labute approximate surface area is 124 Å². The Morgan fingerprint density at radius 2 is 2.32 bits per heavy atom. The number of carbonyl (C=O) groups is 1. The molecule has 2 heterocycles. The van der Waals surface area contributed by atoms with Gasteiger partial charge >= 0.3 is 11.8 Å². The van der Waals surface area contributed by atoms with Crippen LogP contribution in [0, 0.1) is 6.92 Å². The van der Waals surface area contributed by atoms with E-state index in [0.29, 0.717) is 5.76 Å². The molecule has 0 bridgehead atoms. The average Bonchev–Trinajstić information content (AvgIpc) is 2.93. The SMILES string of the molecule is Cc1occc(=O)c1OCc1noc(C(=O)NC[C@@H](C)O)n1. The van der Waals surface area contributed by atoms with Crippen LogP contribution in [-0.2, 0) is 6.61 Å². The minimum absolute atomic E-state index is 0.0485. The van der Waals surface area contributed by atoms with Crippen LogP contribution in [0.15, 0.2) is 26.1 Å². The van der Waals surface area contributed by atoms with Gasteiger partial charge in [-0.05, 0) is 13.8 Å². The van der Waals surface area contributed by atoms with Crippen LogP contribution in [0.25, 0.3) is 0 Å². The summed E-state index contributed by atoms with van der Waals surface area (Å²) in [4.78, 5) is 27.0. The summed E-state index contributed by atoms with van der Waals surface area (Å²) in [5, 5.41) is 15.1. The number of rotatable bonds is 6. The summed E-state index contributed by atoms with van der Waals surface area (Å²) in [7, 11) is 0. The molecule has 0 saturated heterocycles. The molecule has 9 heteroatoms. The summed E-state index contributed by atoms with van der Waals surface area (Å²) < 4.78 is 15.1. The Hall–Kier alpha value is -2.68. The second kappa shape index (κ2) is 6.85. The first-order chi connectivity index (χ1) is 10.5. The summed E-state index contributed by atoms with van der Waals surface area (Å²) in [6.45, 7) is 3.03. The van der Waals surface area contributed by atoms with E-state index in [0.717, 1.165) is 0 Å². The fourth-order valence-corrected chi connectivity index (χ4v) is 1.53. The Morgan fingerprint density at radius 3 is 3.00 bits per heavy atom. The maximum atomic E-state index is 11.6. The van der Waals surface area contributed by atoms with Crippen LogP contribution in [0.5, 0.6) is 5.75 Å². The van der Waals surface area contributed by atoms with Crippen LogP contribution in [0.1, 0.15) is 29.2 Å². The standard InChI is InChI=1S/C13H15N3O6/c1-7(17)5-14-12(19)13-15-10(16-22-13)6-21-11-8(2)20-4-3-9(11)18/h3-4,7,17H,5-6H2,1-2H3,(H,14,19)/t7-/m1/s1. The van der Waals surface area contributed by atoms with Crippen LogP contribution in [0.4, 0.5) is 0 Å². The number of nitrogens with zero attached hydrogens (tertiary/aromatic N) is 2. The highest BCUT2D eigenvalue weighted by Gasteiger charge is 2.16. The predicted molar refractivity (Wildman–Crippen MR) is 72.4 cm³/mol. The first-order valence-corrected chi connectivity index (χ1v) is 6.47. The lowest BCUT2D eigenvalue weighted by atomic mass is 10.4. The second-order valence-corrected chi connectivity index (χ2v) is 4.53. The van der Waals surface area contributed by atoms with Gasteiger partial charge in [0.2, 0.25) is 17.0 Å². The quantitative estimate of drug-likeness (QED) is 0.764. The largest absolute Gasteiger partial charge is 0.478 e. The lowest BCUT2D eigenvalue weighted by Gasteiger charge is -2.04. The van der Waals surface area contributed by atoms with Crippen LogP contribution < -0.4 is 15.5 Å². The van der Waals surface area contributed by atoms with Crippen molar-refractivity contribution in [2.24, 2.45) is 0 Å². The minimum atomic E-state index is -0.685. The molecule has 2 aromatic rings. The van der Waals surface area contributed by atoms with E-state index in [4.69, 9.17) is 18.8 Å². The Bertz CT molecular complexity index is 706. The number of ether oxygens (including phenoxy) is 1. The molecule has 0 aliphatic heterocycles. The van der Waals surface area contributed by atoms with E-state index in [-0.39, 0.29) is 36.0 Å². The first-order valence-electron chi connectivity index (χ1n) is 6.47. The van der Waals surface area contributed by atoms with Crippen LogP contribution >= 0.6 is 0 Å². The predicted octanol–water partition coefficient (Wildman–Crippen LogP) is 0.0208. The molecule has 2 rings (SSSR count). The molecule has 2 N–H and O–H groups in total. The van der Waals surface area contributed by atoms with Gasteiger partial charge in [-0.2, -0.15) is 4.98 Å². The van der Waals surface area contributed by atoms with Crippen molar-refractivity contribution in [1.29, 1.82) is 0 Å². The number of hydrogen-bond acceptors (Lipinski definition) is 8. The molecule has 0 spiro atoms. The molecule has 2 aromatic heterocycles. The molecule has 1 atom stereocenters. The van der Waals surface area contributed by atoms with Gasteiger partial charge in [-0.1, -0.05) is 5.16 Å².